The highest BCUT2D eigenvalue weighted by molar-refractivity contribution is 8.39. The summed E-state index contributed by atoms with van der Waals surface area (Å²) in [4.78, 5) is 48.9. The molecule has 0 bridgehead atoms. The van der Waals surface area contributed by atoms with Gasteiger partial charge >= 0.3 is 24.9 Å². The fourth-order valence-electron chi connectivity index (χ4n) is 3.11. The van der Waals surface area contributed by atoms with Crippen molar-refractivity contribution < 1.29 is 43.1 Å². The van der Waals surface area contributed by atoms with Crippen molar-refractivity contribution in [2.75, 3.05) is 20.3 Å². The van der Waals surface area contributed by atoms with Crippen LogP contribution in [0.3, 0.4) is 0 Å². The largest absolute Gasteiger partial charge is 0.582 e. The summed E-state index contributed by atoms with van der Waals surface area (Å²) in [5.41, 5.74) is -1.28. The van der Waals surface area contributed by atoms with E-state index in [9.17, 15) is 34.0 Å². The maximum absolute atomic E-state index is 12.4. The molecule has 1 aliphatic rings. The predicted molar refractivity (Wildman–Crippen MR) is 106 cm³/mol. The van der Waals surface area contributed by atoms with Crippen molar-refractivity contribution in [2.24, 2.45) is 5.92 Å². The van der Waals surface area contributed by atoms with Gasteiger partial charge in [0.25, 0.3) is 5.56 Å². The second-order valence-corrected chi connectivity index (χ2v) is 8.31. The molecular weight excluding hydrogens is 459 g/mol. The molecule has 0 aromatic carbocycles. The van der Waals surface area contributed by atoms with E-state index in [1.54, 1.807) is 0 Å². The molecule has 1 aromatic heterocycles. The lowest BCUT2D eigenvalue weighted by molar-refractivity contribution is -0.157. The second-order valence-electron chi connectivity index (χ2n) is 6.64. The summed E-state index contributed by atoms with van der Waals surface area (Å²) in [6, 6.07) is 0. The fourth-order valence-corrected chi connectivity index (χ4v) is 3.90. The van der Waals surface area contributed by atoms with Crippen LogP contribution in [-0.2, 0) is 32.9 Å². The van der Waals surface area contributed by atoms with Gasteiger partial charge in [-0.2, -0.15) is 0 Å². The monoisotopic (exact) mass is 481 g/mol. The van der Waals surface area contributed by atoms with Crippen LogP contribution in [0.25, 0.3) is 0 Å². The number of aliphatic carboxylic acids is 2. The minimum Gasteiger partial charge on any atom is -0.481 e. The average Bonchev–Trinajstić information content (AvgIpc) is 2.99. The molecule has 2 unspecified atom stereocenters. The molecule has 1 aliphatic heterocycles. The number of rotatable bonds is 11. The Balaban J connectivity index is 2.49. The van der Waals surface area contributed by atoms with Gasteiger partial charge in [0.05, 0.1) is 19.3 Å². The maximum atomic E-state index is 12.4. The van der Waals surface area contributed by atoms with E-state index in [2.05, 4.69) is 17.2 Å². The number of hydrogen-bond acceptors (Lipinski definition) is 9. The van der Waals surface area contributed by atoms with Gasteiger partial charge in [-0.05, 0) is 11.5 Å². The number of aromatic amines is 1. The molecule has 3 N–H and O–H groups in total. The van der Waals surface area contributed by atoms with Crippen molar-refractivity contribution in [2.45, 2.75) is 37.9 Å². The molecule has 1 aromatic rings. The zero-order valence-corrected chi connectivity index (χ0v) is 18.3. The zero-order chi connectivity index (χ0) is 23.3. The quantitative estimate of drug-likeness (QED) is 0.143. The van der Waals surface area contributed by atoms with Crippen LogP contribution >= 0.6 is 19.5 Å². The first-order valence-corrected chi connectivity index (χ1v) is 11.3. The summed E-state index contributed by atoms with van der Waals surface area (Å²) in [6.07, 6.45) is -4.20. The van der Waals surface area contributed by atoms with Gasteiger partial charge in [0.1, 0.15) is 18.4 Å². The van der Waals surface area contributed by atoms with Crippen LogP contribution in [0.2, 0.25) is 0 Å². The molecule has 172 valence electrons. The molecule has 0 aliphatic carbocycles. The van der Waals surface area contributed by atoms with Gasteiger partial charge in [-0.15, -0.1) is 4.52 Å². The van der Waals surface area contributed by atoms with Crippen LogP contribution in [0.4, 0.5) is 0 Å². The number of carboxylic acid groups (broad SMARTS) is 2. The van der Waals surface area contributed by atoms with E-state index in [-0.39, 0.29) is 18.8 Å². The van der Waals surface area contributed by atoms with Crippen LogP contribution < -0.4 is 11.2 Å². The van der Waals surface area contributed by atoms with Crippen LogP contribution in [0.15, 0.2) is 15.8 Å². The average molecular weight is 481 g/mol. The first-order valence-electron chi connectivity index (χ1n) is 8.93. The molecule has 1 fully saturated rings. The van der Waals surface area contributed by atoms with Gasteiger partial charge in [0.2, 0.25) is 0 Å². The molecule has 2 heterocycles. The van der Waals surface area contributed by atoms with Gasteiger partial charge in [0, 0.05) is 25.3 Å². The van der Waals surface area contributed by atoms with E-state index >= 15 is 0 Å². The molecule has 31 heavy (non-hydrogen) atoms. The topological polar surface area (TPSA) is 183 Å². The lowest BCUT2D eigenvalue weighted by Crippen LogP contribution is -2.41. The molecule has 0 saturated carbocycles. The molecular formula is C16H22N2O11PS+. The normalized spacial score (nSPS) is 23.8. The Morgan fingerprint density at radius 3 is 2.48 bits per heavy atom. The number of thiol groups is 1. The Bertz CT molecular complexity index is 934. The highest BCUT2D eigenvalue weighted by atomic mass is 32.7. The van der Waals surface area contributed by atoms with Crippen LogP contribution in [0.5, 0.6) is 0 Å². The third-order valence-corrected chi connectivity index (χ3v) is 5.29. The smallest absolute Gasteiger partial charge is 0.481 e. The van der Waals surface area contributed by atoms with Crippen molar-refractivity contribution >= 4 is 31.4 Å². The standard InChI is InChI=1S/C16H21N2O11PS/c1-7-6-18(16(24)17-12(7)19)13-11(27-4-3-26-2)10(29-30(25)31)9(28-13)5-8(14(20)21)15(22)23/h6,8-11,13H,3-5H2,1-2H3,(H3-,17,19,20,21,22,23,24,25,31)/p+1/t9-,10?,11+,13-/m1/s1. The number of nitrogens with one attached hydrogen (secondary N) is 1. The van der Waals surface area contributed by atoms with Crippen molar-refractivity contribution in [3.63, 3.8) is 0 Å². The summed E-state index contributed by atoms with van der Waals surface area (Å²) < 4.78 is 34.4. The number of ether oxygens (including phenoxy) is 3. The third-order valence-electron chi connectivity index (χ3n) is 4.58. The fraction of sp³-hybridized carbons (Fsp3) is 0.625. The van der Waals surface area contributed by atoms with E-state index < -0.39 is 67.3 Å². The number of H-pyrrole nitrogens is 1. The molecule has 0 spiro atoms. The molecule has 2 rings (SSSR count). The summed E-state index contributed by atoms with van der Waals surface area (Å²) in [7, 11) is -1.11. The Labute approximate surface area is 181 Å². The molecule has 0 radical (unpaired) electrons. The van der Waals surface area contributed by atoms with Gasteiger partial charge in [-0.25, -0.2) is 4.79 Å². The predicted octanol–water partition coefficient (Wildman–Crippen LogP) is -0.0781. The van der Waals surface area contributed by atoms with Gasteiger partial charge in [-0.3, -0.25) is 23.9 Å². The first-order chi connectivity index (χ1) is 14.6. The van der Waals surface area contributed by atoms with E-state index in [4.69, 9.17) is 18.7 Å². The number of aryl methyl sites for hydroxylation is 1. The lowest BCUT2D eigenvalue weighted by atomic mass is 9.97. The van der Waals surface area contributed by atoms with Crippen LogP contribution in [0.1, 0.15) is 18.2 Å². The minimum atomic E-state index is -2.53. The maximum Gasteiger partial charge on any atom is 0.582 e. The van der Waals surface area contributed by atoms with Crippen LogP contribution in [0, 0.1) is 12.8 Å². The number of methoxy groups -OCH3 is 1. The minimum absolute atomic E-state index is 0.00463. The van der Waals surface area contributed by atoms with E-state index in [0.717, 1.165) is 4.57 Å². The second kappa shape index (κ2) is 11.0. The van der Waals surface area contributed by atoms with Gasteiger partial charge < -0.3 is 24.4 Å². The Morgan fingerprint density at radius 1 is 1.29 bits per heavy atom. The van der Waals surface area contributed by atoms with E-state index in [1.807, 2.05) is 0 Å². The van der Waals surface area contributed by atoms with Crippen molar-refractivity contribution in [3.8, 4) is 0 Å². The number of nitrogens with zero attached hydrogens (tertiary/aromatic N) is 1. The Hall–Kier alpha value is -2.09. The number of aromatic nitrogens is 2. The van der Waals surface area contributed by atoms with E-state index in [1.165, 1.54) is 20.2 Å². The Kier molecular flexibility index (Phi) is 8.91. The molecule has 15 heteroatoms. The number of carboxylic acids is 2. The van der Waals surface area contributed by atoms with Gasteiger partial charge in [0.15, 0.2) is 18.2 Å². The Morgan fingerprint density at radius 2 is 1.94 bits per heavy atom. The van der Waals surface area contributed by atoms with E-state index in [0.29, 0.717) is 0 Å². The summed E-state index contributed by atoms with van der Waals surface area (Å²) in [6.45, 7) is 1.58. The lowest BCUT2D eigenvalue weighted by Gasteiger charge is -2.22. The highest BCUT2D eigenvalue weighted by Crippen LogP contribution is 2.42. The van der Waals surface area contributed by atoms with Crippen molar-refractivity contribution in [1.82, 2.24) is 9.55 Å². The highest BCUT2D eigenvalue weighted by Gasteiger charge is 2.53. The summed E-state index contributed by atoms with van der Waals surface area (Å²) in [5, 5.41) is 18.4. The van der Waals surface area contributed by atoms with Crippen LogP contribution in [-0.4, -0.2) is 70.3 Å². The summed E-state index contributed by atoms with van der Waals surface area (Å²) >= 11 is 3.71. The number of hydrogen-bond donors (Lipinski definition) is 4. The molecule has 0 amide bonds. The number of carbonyl (C=O) groups is 2. The van der Waals surface area contributed by atoms with Crippen molar-refractivity contribution in [1.29, 1.82) is 0 Å². The zero-order valence-electron chi connectivity index (χ0n) is 16.5. The molecule has 1 saturated heterocycles. The molecule has 5 atom stereocenters. The SMILES string of the molecule is COCCO[C@H]1C(O[P+](=O)S)[C@@H](CC(C(=O)O)C(=O)O)O[C@H]1n1cc(C)c(=O)[nH]c1=O. The summed E-state index contributed by atoms with van der Waals surface area (Å²) in [5.74, 6) is -5.08. The van der Waals surface area contributed by atoms with Crippen molar-refractivity contribution in [3.05, 3.63) is 32.6 Å². The third kappa shape index (κ3) is 6.21. The first kappa shape index (κ1) is 25.2. The molecule has 13 nitrogen and oxygen atoms in total. The van der Waals surface area contributed by atoms with Gasteiger partial charge in [-0.1, -0.05) is 0 Å².